The van der Waals surface area contributed by atoms with E-state index in [1.165, 1.54) is 24.3 Å². The van der Waals surface area contributed by atoms with E-state index in [2.05, 4.69) is 0 Å². The summed E-state index contributed by atoms with van der Waals surface area (Å²) in [5.74, 6) is -1.93. The van der Waals surface area contributed by atoms with Crippen LogP contribution in [-0.4, -0.2) is 17.3 Å². The minimum absolute atomic E-state index is 0.258. The Morgan fingerprint density at radius 2 is 1.87 bits per heavy atom. The molecule has 2 nitrogen and oxygen atoms in total. The summed E-state index contributed by atoms with van der Waals surface area (Å²) in [6.45, 7) is 0. The van der Waals surface area contributed by atoms with Gasteiger partial charge in [0.1, 0.15) is 5.76 Å². The fraction of sp³-hybridized carbons (Fsp3) is 0.100. The number of hydrogen-bond acceptors (Lipinski definition) is 2. The van der Waals surface area contributed by atoms with Gasteiger partial charge in [0.25, 0.3) is 6.43 Å². The zero-order valence-corrected chi connectivity index (χ0v) is 8.21. The molecule has 5 heteroatoms. The zero-order chi connectivity index (χ0) is 11.4. The number of halogens is 3. The minimum Gasteiger partial charge on any atom is -0.507 e. The Bertz CT molecular complexity index is 385. The Morgan fingerprint density at radius 1 is 1.33 bits per heavy atom. The highest BCUT2D eigenvalue weighted by molar-refractivity contribution is 6.30. The summed E-state index contributed by atoms with van der Waals surface area (Å²) in [6, 6.07) is 5.81. The third-order valence-corrected chi connectivity index (χ3v) is 1.89. The molecule has 0 radical (unpaired) electrons. The molecular formula is C10H7ClF2O2. The van der Waals surface area contributed by atoms with Crippen LogP contribution in [0.3, 0.4) is 0 Å². The van der Waals surface area contributed by atoms with Crippen LogP contribution in [0.1, 0.15) is 5.56 Å². The molecule has 0 unspecified atom stereocenters. The van der Waals surface area contributed by atoms with Crippen LogP contribution in [0.5, 0.6) is 0 Å². The molecule has 1 aromatic rings. The molecule has 0 amide bonds. The SMILES string of the molecule is O=C(C=C(O)c1ccc(Cl)cc1)C(F)F. The second-order valence-corrected chi connectivity index (χ2v) is 3.18. The predicted octanol–water partition coefficient (Wildman–Crippen LogP) is 3.07. The molecule has 0 aliphatic rings. The van der Waals surface area contributed by atoms with Gasteiger partial charge in [0.15, 0.2) is 0 Å². The molecule has 0 aliphatic carbocycles. The Hall–Kier alpha value is -1.42. The molecule has 1 aromatic carbocycles. The molecule has 0 spiro atoms. The maximum absolute atomic E-state index is 11.8. The van der Waals surface area contributed by atoms with E-state index in [0.29, 0.717) is 11.1 Å². The largest absolute Gasteiger partial charge is 0.507 e. The lowest BCUT2D eigenvalue weighted by Gasteiger charge is -1.99. The molecule has 0 atom stereocenters. The van der Waals surface area contributed by atoms with Crippen molar-refractivity contribution in [2.24, 2.45) is 0 Å². The monoisotopic (exact) mass is 232 g/mol. The van der Waals surface area contributed by atoms with Gasteiger partial charge in [0.05, 0.1) is 0 Å². The van der Waals surface area contributed by atoms with Crippen LogP contribution in [-0.2, 0) is 4.79 Å². The van der Waals surface area contributed by atoms with Crippen LogP contribution in [0, 0.1) is 0 Å². The number of ketones is 1. The van der Waals surface area contributed by atoms with E-state index < -0.39 is 18.0 Å². The van der Waals surface area contributed by atoms with Gasteiger partial charge in [0, 0.05) is 16.7 Å². The summed E-state index contributed by atoms with van der Waals surface area (Å²) >= 11 is 5.58. The number of alkyl halides is 2. The van der Waals surface area contributed by atoms with Crippen molar-refractivity contribution < 1.29 is 18.7 Å². The number of benzene rings is 1. The van der Waals surface area contributed by atoms with Crippen molar-refractivity contribution in [2.75, 3.05) is 0 Å². The van der Waals surface area contributed by atoms with Crippen molar-refractivity contribution in [3.05, 3.63) is 40.9 Å². The fourth-order valence-electron chi connectivity index (χ4n) is 0.902. The van der Waals surface area contributed by atoms with Gasteiger partial charge in [-0.2, -0.15) is 0 Å². The summed E-state index contributed by atoms with van der Waals surface area (Å²) in [5.41, 5.74) is 0.258. The first-order valence-corrected chi connectivity index (χ1v) is 4.37. The highest BCUT2D eigenvalue weighted by atomic mass is 35.5. The van der Waals surface area contributed by atoms with Crippen LogP contribution >= 0.6 is 11.6 Å². The Labute approximate surface area is 89.8 Å². The number of aliphatic hydroxyl groups is 1. The van der Waals surface area contributed by atoms with Crippen molar-refractivity contribution in [1.82, 2.24) is 0 Å². The molecule has 80 valence electrons. The maximum Gasteiger partial charge on any atom is 0.300 e. The maximum atomic E-state index is 11.8. The van der Waals surface area contributed by atoms with E-state index in [0.717, 1.165) is 0 Å². The van der Waals surface area contributed by atoms with E-state index in [1.807, 2.05) is 0 Å². The smallest absolute Gasteiger partial charge is 0.300 e. The third kappa shape index (κ3) is 3.32. The van der Waals surface area contributed by atoms with Gasteiger partial charge in [-0.3, -0.25) is 4.79 Å². The number of allylic oxidation sites excluding steroid dienone is 1. The van der Waals surface area contributed by atoms with E-state index in [1.54, 1.807) is 0 Å². The van der Waals surface area contributed by atoms with Gasteiger partial charge < -0.3 is 5.11 Å². The van der Waals surface area contributed by atoms with Crippen LogP contribution in [0.25, 0.3) is 5.76 Å². The summed E-state index contributed by atoms with van der Waals surface area (Å²) in [7, 11) is 0. The second kappa shape index (κ2) is 4.89. The summed E-state index contributed by atoms with van der Waals surface area (Å²) in [5, 5.41) is 9.75. The number of carbonyl (C=O) groups excluding carboxylic acids is 1. The average molecular weight is 233 g/mol. The first-order chi connectivity index (χ1) is 7.00. The van der Waals surface area contributed by atoms with Crippen LogP contribution in [0.4, 0.5) is 8.78 Å². The van der Waals surface area contributed by atoms with Crippen LogP contribution in [0.2, 0.25) is 5.02 Å². The van der Waals surface area contributed by atoms with Crippen molar-refractivity contribution in [3.8, 4) is 0 Å². The van der Waals surface area contributed by atoms with Gasteiger partial charge >= 0.3 is 0 Å². The fourth-order valence-corrected chi connectivity index (χ4v) is 1.03. The molecule has 0 saturated carbocycles. The van der Waals surface area contributed by atoms with Crippen molar-refractivity contribution in [3.63, 3.8) is 0 Å². The van der Waals surface area contributed by atoms with E-state index in [4.69, 9.17) is 11.6 Å². The minimum atomic E-state index is -3.11. The van der Waals surface area contributed by atoms with Gasteiger partial charge in [-0.1, -0.05) is 11.6 Å². The van der Waals surface area contributed by atoms with Crippen LogP contribution < -0.4 is 0 Å². The van der Waals surface area contributed by atoms with Crippen LogP contribution in [0.15, 0.2) is 30.3 Å². The Morgan fingerprint density at radius 3 is 2.33 bits per heavy atom. The molecule has 0 bridgehead atoms. The summed E-state index contributed by atoms with van der Waals surface area (Å²) in [4.78, 5) is 10.6. The van der Waals surface area contributed by atoms with Gasteiger partial charge in [-0.05, 0) is 24.3 Å². The number of carbonyl (C=O) groups is 1. The van der Waals surface area contributed by atoms with E-state index in [-0.39, 0.29) is 5.56 Å². The molecule has 1 rings (SSSR count). The predicted molar refractivity (Wildman–Crippen MR) is 53.1 cm³/mol. The topological polar surface area (TPSA) is 37.3 Å². The number of aliphatic hydroxyl groups excluding tert-OH is 1. The summed E-state index contributed by atoms with van der Waals surface area (Å²) < 4.78 is 23.7. The van der Waals surface area contributed by atoms with E-state index >= 15 is 0 Å². The molecule has 0 heterocycles. The molecule has 15 heavy (non-hydrogen) atoms. The lowest BCUT2D eigenvalue weighted by atomic mass is 10.1. The molecule has 0 aromatic heterocycles. The Kier molecular flexibility index (Phi) is 3.80. The standard InChI is InChI=1S/C10H7ClF2O2/c11-7-3-1-6(2-4-7)8(14)5-9(15)10(12)13/h1-5,10,14H. The highest BCUT2D eigenvalue weighted by Crippen LogP contribution is 2.15. The van der Waals surface area contributed by atoms with Crippen molar-refractivity contribution in [1.29, 1.82) is 0 Å². The van der Waals surface area contributed by atoms with Crippen molar-refractivity contribution >= 4 is 23.1 Å². The van der Waals surface area contributed by atoms with E-state index in [9.17, 15) is 18.7 Å². The van der Waals surface area contributed by atoms with Gasteiger partial charge in [0.2, 0.25) is 5.78 Å². The summed E-state index contributed by atoms with van der Waals surface area (Å²) in [6.07, 6.45) is -2.62. The second-order valence-electron chi connectivity index (χ2n) is 2.74. The quantitative estimate of drug-likeness (QED) is 0.642. The number of rotatable bonds is 3. The Balaban J connectivity index is 2.89. The van der Waals surface area contributed by atoms with Gasteiger partial charge in [-0.15, -0.1) is 0 Å². The molecule has 0 aliphatic heterocycles. The molecule has 0 saturated heterocycles. The first-order valence-electron chi connectivity index (χ1n) is 3.99. The third-order valence-electron chi connectivity index (χ3n) is 1.63. The van der Waals surface area contributed by atoms with Gasteiger partial charge in [-0.25, -0.2) is 8.78 Å². The molecule has 1 N–H and O–H groups in total. The molecular weight excluding hydrogens is 226 g/mol. The normalized spacial score (nSPS) is 11.9. The number of hydrogen-bond donors (Lipinski definition) is 1. The average Bonchev–Trinajstić information content (AvgIpc) is 2.18. The lowest BCUT2D eigenvalue weighted by Crippen LogP contribution is -2.06. The lowest BCUT2D eigenvalue weighted by molar-refractivity contribution is -0.124. The highest BCUT2D eigenvalue weighted by Gasteiger charge is 2.13. The first kappa shape index (κ1) is 11.7. The molecule has 0 fully saturated rings. The zero-order valence-electron chi connectivity index (χ0n) is 7.45. The van der Waals surface area contributed by atoms with Crippen molar-refractivity contribution in [2.45, 2.75) is 6.43 Å².